The van der Waals surface area contributed by atoms with Gasteiger partial charge in [-0.3, -0.25) is 4.90 Å². The van der Waals surface area contributed by atoms with Crippen molar-refractivity contribution in [3.8, 4) is 0 Å². The molecule has 0 bridgehead atoms. The first kappa shape index (κ1) is 20.1. The predicted octanol–water partition coefficient (Wildman–Crippen LogP) is 4.08. The summed E-state index contributed by atoms with van der Waals surface area (Å²) >= 11 is 1.75. The number of fused-ring (bicyclic) bond motifs is 1. The van der Waals surface area contributed by atoms with Gasteiger partial charge in [0.25, 0.3) is 0 Å². The highest BCUT2D eigenvalue weighted by Gasteiger charge is 2.39. The monoisotopic (exact) mass is 441 g/mol. The maximum Gasteiger partial charge on any atom is 0.218 e. The molecular weight excluding hydrogens is 414 g/mol. The zero-order valence-electron chi connectivity index (χ0n) is 17.0. The van der Waals surface area contributed by atoms with E-state index in [1.165, 1.54) is 10.3 Å². The van der Waals surface area contributed by atoms with Gasteiger partial charge in [-0.1, -0.05) is 42.5 Å². The number of benzene rings is 2. The van der Waals surface area contributed by atoms with Crippen LogP contribution in [0.5, 0.6) is 0 Å². The van der Waals surface area contributed by atoms with Gasteiger partial charge in [0, 0.05) is 32.1 Å². The van der Waals surface area contributed by atoms with Crippen molar-refractivity contribution in [2.24, 2.45) is 0 Å². The predicted molar refractivity (Wildman–Crippen MR) is 122 cm³/mol. The van der Waals surface area contributed by atoms with Gasteiger partial charge in [-0.15, -0.1) is 11.3 Å². The van der Waals surface area contributed by atoms with Crippen LogP contribution in [0.1, 0.15) is 35.8 Å². The Kier molecular flexibility index (Phi) is 5.62. The summed E-state index contributed by atoms with van der Waals surface area (Å²) in [5.41, 5.74) is 2.30. The highest BCUT2D eigenvalue weighted by Crippen LogP contribution is 2.35. The number of likely N-dealkylation sites (tertiary alicyclic amines) is 1. The molecule has 2 aliphatic rings. The summed E-state index contributed by atoms with van der Waals surface area (Å²) < 4.78 is 29.5. The van der Waals surface area contributed by atoms with E-state index in [-0.39, 0.29) is 5.25 Å². The first-order valence-electron chi connectivity index (χ1n) is 10.7. The standard InChI is InChI=1S/C23H27N3O2S2/c27-30(28,20-12-13-25(17-20)16-18-6-2-1-3-7-18)26-14-10-19(11-15-26)23-24-21-8-4-5-9-22(21)29-23/h1-9,19-20H,10-17H2/t20-/m0/s1. The van der Waals surface area contributed by atoms with Gasteiger partial charge in [-0.05, 0) is 43.5 Å². The lowest BCUT2D eigenvalue weighted by Crippen LogP contribution is -2.44. The molecule has 0 saturated carbocycles. The molecule has 5 rings (SSSR count). The van der Waals surface area contributed by atoms with Crippen LogP contribution in [0.25, 0.3) is 10.2 Å². The summed E-state index contributed by atoms with van der Waals surface area (Å²) in [4.78, 5) is 7.06. The summed E-state index contributed by atoms with van der Waals surface area (Å²) in [5, 5.41) is 0.878. The first-order chi connectivity index (χ1) is 14.6. The van der Waals surface area contributed by atoms with Crippen molar-refractivity contribution in [3.63, 3.8) is 0 Å². The van der Waals surface area contributed by atoms with Gasteiger partial charge in [0.15, 0.2) is 0 Å². The quantitative estimate of drug-likeness (QED) is 0.599. The Bertz CT molecular complexity index is 1070. The SMILES string of the molecule is O=S(=O)([C@H]1CCN(Cc2ccccc2)C1)N1CCC(c2nc3ccccc3s2)CC1. The van der Waals surface area contributed by atoms with E-state index in [9.17, 15) is 8.42 Å². The molecule has 2 aromatic carbocycles. The van der Waals surface area contributed by atoms with Gasteiger partial charge in [0.1, 0.15) is 0 Å². The number of sulfonamides is 1. The molecule has 2 fully saturated rings. The number of nitrogens with zero attached hydrogens (tertiary/aromatic N) is 3. The number of piperidine rings is 1. The minimum Gasteiger partial charge on any atom is -0.298 e. The normalized spacial score (nSPS) is 22.1. The van der Waals surface area contributed by atoms with E-state index in [1.54, 1.807) is 15.6 Å². The first-order valence-corrected chi connectivity index (χ1v) is 13.0. The zero-order chi connectivity index (χ0) is 20.6. The lowest BCUT2D eigenvalue weighted by molar-refractivity contribution is 0.310. The molecule has 0 spiro atoms. The van der Waals surface area contributed by atoms with E-state index in [2.05, 4.69) is 29.2 Å². The van der Waals surface area contributed by atoms with E-state index in [0.717, 1.165) is 42.9 Å². The fourth-order valence-corrected chi connectivity index (χ4v) is 7.74. The third-order valence-corrected chi connectivity index (χ3v) is 9.88. The van der Waals surface area contributed by atoms with E-state index >= 15 is 0 Å². The molecule has 0 radical (unpaired) electrons. The Morgan fingerprint density at radius 1 is 0.933 bits per heavy atom. The highest BCUT2D eigenvalue weighted by atomic mass is 32.2. The van der Waals surface area contributed by atoms with Crippen LogP contribution in [0.3, 0.4) is 0 Å². The fourth-order valence-electron chi connectivity index (χ4n) is 4.66. The van der Waals surface area contributed by atoms with Crippen molar-refractivity contribution >= 4 is 31.6 Å². The zero-order valence-corrected chi connectivity index (χ0v) is 18.6. The second-order valence-corrected chi connectivity index (χ2v) is 11.6. The minimum atomic E-state index is -3.24. The van der Waals surface area contributed by atoms with Crippen LogP contribution in [0.15, 0.2) is 54.6 Å². The number of para-hydroxylation sites is 1. The molecule has 7 heteroatoms. The van der Waals surface area contributed by atoms with Gasteiger partial charge in [0.2, 0.25) is 10.0 Å². The number of rotatable bonds is 5. The summed E-state index contributed by atoms with van der Waals surface area (Å²) in [6.07, 6.45) is 2.45. The Balaban J connectivity index is 1.20. The van der Waals surface area contributed by atoms with E-state index in [0.29, 0.717) is 25.6 Å². The highest BCUT2D eigenvalue weighted by molar-refractivity contribution is 7.89. The van der Waals surface area contributed by atoms with Gasteiger partial charge < -0.3 is 0 Å². The van der Waals surface area contributed by atoms with Crippen molar-refractivity contribution in [2.45, 2.75) is 37.0 Å². The van der Waals surface area contributed by atoms with E-state index < -0.39 is 10.0 Å². The maximum atomic E-state index is 13.3. The number of hydrogen-bond donors (Lipinski definition) is 0. The largest absolute Gasteiger partial charge is 0.298 e. The molecule has 0 amide bonds. The van der Waals surface area contributed by atoms with Crippen LogP contribution in [0, 0.1) is 0 Å². The Labute approximate surface area is 182 Å². The Morgan fingerprint density at radius 2 is 1.67 bits per heavy atom. The van der Waals surface area contributed by atoms with Gasteiger partial charge in [-0.25, -0.2) is 17.7 Å². The molecule has 3 heterocycles. The van der Waals surface area contributed by atoms with E-state index in [4.69, 9.17) is 4.98 Å². The average molecular weight is 442 g/mol. The number of aromatic nitrogens is 1. The van der Waals surface area contributed by atoms with Gasteiger partial charge in [-0.2, -0.15) is 0 Å². The average Bonchev–Trinajstić information content (AvgIpc) is 3.42. The van der Waals surface area contributed by atoms with Crippen LogP contribution in [-0.2, 0) is 16.6 Å². The molecule has 0 N–H and O–H groups in total. The summed E-state index contributed by atoms with van der Waals surface area (Å²) in [6.45, 7) is 3.53. The second-order valence-electron chi connectivity index (χ2n) is 8.37. The molecular formula is C23H27N3O2S2. The molecule has 1 aromatic heterocycles. The van der Waals surface area contributed by atoms with Crippen LogP contribution in [0.2, 0.25) is 0 Å². The van der Waals surface area contributed by atoms with Crippen molar-refractivity contribution in [3.05, 3.63) is 65.2 Å². The lowest BCUT2D eigenvalue weighted by Gasteiger charge is -2.32. The molecule has 1 atom stereocenters. The molecule has 30 heavy (non-hydrogen) atoms. The van der Waals surface area contributed by atoms with Gasteiger partial charge in [0.05, 0.1) is 20.5 Å². The van der Waals surface area contributed by atoms with Crippen LogP contribution in [0.4, 0.5) is 0 Å². The molecule has 5 nitrogen and oxygen atoms in total. The molecule has 3 aromatic rings. The topological polar surface area (TPSA) is 53.5 Å². The van der Waals surface area contributed by atoms with Crippen LogP contribution < -0.4 is 0 Å². The van der Waals surface area contributed by atoms with Crippen molar-refractivity contribution in [1.82, 2.24) is 14.2 Å². The Hall–Kier alpha value is -1.80. The summed E-state index contributed by atoms with van der Waals surface area (Å²) in [6, 6.07) is 18.5. The third kappa shape index (κ3) is 4.04. The minimum absolute atomic E-state index is 0.278. The number of thiazole rings is 1. The van der Waals surface area contributed by atoms with Crippen molar-refractivity contribution < 1.29 is 8.42 Å². The lowest BCUT2D eigenvalue weighted by atomic mass is 9.99. The maximum absolute atomic E-state index is 13.3. The molecule has 0 aliphatic carbocycles. The molecule has 2 aliphatic heterocycles. The summed E-state index contributed by atoms with van der Waals surface area (Å²) in [7, 11) is -3.24. The summed E-state index contributed by atoms with van der Waals surface area (Å²) in [5.74, 6) is 0.368. The molecule has 2 saturated heterocycles. The van der Waals surface area contributed by atoms with Crippen molar-refractivity contribution in [1.29, 1.82) is 0 Å². The van der Waals surface area contributed by atoms with Crippen LogP contribution in [-0.4, -0.2) is 54.0 Å². The fraction of sp³-hybridized carbons (Fsp3) is 0.435. The smallest absolute Gasteiger partial charge is 0.218 e. The molecule has 158 valence electrons. The van der Waals surface area contributed by atoms with E-state index in [1.807, 2.05) is 30.3 Å². The third-order valence-electron chi connectivity index (χ3n) is 6.37. The number of hydrogen-bond acceptors (Lipinski definition) is 5. The van der Waals surface area contributed by atoms with Gasteiger partial charge >= 0.3 is 0 Å². The molecule has 0 unspecified atom stereocenters. The Morgan fingerprint density at radius 3 is 2.43 bits per heavy atom. The second kappa shape index (κ2) is 8.38. The van der Waals surface area contributed by atoms with Crippen molar-refractivity contribution in [2.75, 3.05) is 26.2 Å². The van der Waals surface area contributed by atoms with Crippen LogP contribution >= 0.6 is 11.3 Å².